The molecule has 0 aromatic rings. The maximum Gasteiger partial charge on any atom is 0.309 e. The molecular weight excluding hydrogens is 234 g/mol. The molecule has 0 saturated carbocycles. The van der Waals surface area contributed by atoms with Crippen LogP contribution in [0.15, 0.2) is 0 Å². The van der Waals surface area contributed by atoms with Crippen LogP contribution in [0.25, 0.3) is 0 Å². The van der Waals surface area contributed by atoms with E-state index in [4.69, 9.17) is 5.11 Å². The Morgan fingerprint density at radius 3 is 2.00 bits per heavy atom. The molecule has 1 amide bonds. The number of amides is 1. The number of hydrogen-bond donors (Lipinski definition) is 3. The molecule has 0 rings (SSSR count). The van der Waals surface area contributed by atoms with E-state index in [1.165, 1.54) is 13.8 Å². The van der Waals surface area contributed by atoms with Crippen LogP contribution in [-0.4, -0.2) is 35.2 Å². The van der Waals surface area contributed by atoms with Gasteiger partial charge in [-0.15, -0.1) is 0 Å². The van der Waals surface area contributed by atoms with Crippen molar-refractivity contribution in [2.45, 2.75) is 47.0 Å². The number of rotatable bonds is 8. The SMILES string of the molecule is CCC(CC)(CO)CNC(=O)CC(C)(C)C(=O)O. The lowest BCUT2D eigenvalue weighted by Crippen LogP contribution is -2.41. The van der Waals surface area contributed by atoms with Crippen LogP contribution in [0.5, 0.6) is 0 Å². The average Bonchev–Trinajstić information content (AvgIpc) is 2.31. The molecule has 0 fully saturated rings. The summed E-state index contributed by atoms with van der Waals surface area (Å²) in [5, 5.41) is 21.0. The quantitative estimate of drug-likeness (QED) is 0.615. The summed E-state index contributed by atoms with van der Waals surface area (Å²) in [4.78, 5) is 22.6. The van der Waals surface area contributed by atoms with Crippen molar-refractivity contribution in [3.63, 3.8) is 0 Å². The summed E-state index contributed by atoms with van der Waals surface area (Å²) in [7, 11) is 0. The molecule has 0 aliphatic carbocycles. The maximum absolute atomic E-state index is 11.7. The lowest BCUT2D eigenvalue weighted by Gasteiger charge is -2.30. The molecule has 0 radical (unpaired) electrons. The number of nitrogens with one attached hydrogen (secondary N) is 1. The molecule has 3 N–H and O–H groups in total. The zero-order chi connectivity index (χ0) is 14.4. The standard InChI is InChI=1S/C13H25NO4/c1-5-13(6-2,9-15)8-14-10(16)7-12(3,4)11(17)18/h15H,5-9H2,1-4H3,(H,14,16)(H,17,18). The number of aliphatic hydroxyl groups excluding tert-OH is 1. The normalized spacial score (nSPS) is 12.3. The topological polar surface area (TPSA) is 86.6 Å². The van der Waals surface area contributed by atoms with Crippen molar-refractivity contribution in [2.24, 2.45) is 10.8 Å². The fraction of sp³-hybridized carbons (Fsp3) is 0.846. The first kappa shape index (κ1) is 16.9. The summed E-state index contributed by atoms with van der Waals surface area (Å²) in [5.41, 5.74) is -1.37. The molecule has 0 aliphatic rings. The fourth-order valence-corrected chi connectivity index (χ4v) is 1.61. The van der Waals surface area contributed by atoms with Gasteiger partial charge in [-0.2, -0.15) is 0 Å². The van der Waals surface area contributed by atoms with Crippen molar-refractivity contribution in [1.29, 1.82) is 0 Å². The van der Waals surface area contributed by atoms with Crippen molar-refractivity contribution < 1.29 is 19.8 Å². The summed E-state index contributed by atoms with van der Waals surface area (Å²) in [6.07, 6.45) is 1.47. The molecule has 0 aliphatic heterocycles. The van der Waals surface area contributed by atoms with Gasteiger partial charge in [0.1, 0.15) is 0 Å². The van der Waals surface area contributed by atoms with Gasteiger partial charge in [0.2, 0.25) is 5.91 Å². The lowest BCUT2D eigenvalue weighted by atomic mass is 9.83. The van der Waals surface area contributed by atoms with E-state index < -0.39 is 11.4 Å². The van der Waals surface area contributed by atoms with Crippen molar-refractivity contribution in [1.82, 2.24) is 5.32 Å². The minimum Gasteiger partial charge on any atom is -0.481 e. The molecule has 0 heterocycles. The van der Waals surface area contributed by atoms with Gasteiger partial charge >= 0.3 is 5.97 Å². The van der Waals surface area contributed by atoms with Crippen LogP contribution in [0.2, 0.25) is 0 Å². The van der Waals surface area contributed by atoms with Crippen molar-refractivity contribution >= 4 is 11.9 Å². The lowest BCUT2D eigenvalue weighted by molar-refractivity contribution is -0.149. The number of aliphatic hydroxyl groups is 1. The Morgan fingerprint density at radius 2 is 1.67 bits per heavy atom. The van der Waals surface area contributed by atoms with Crippen LogP contribution in [0.4, 0.5) is 0 Å². The van der Waals surface area contributed by atoms with E-state index >= 15 is 0 Å². The van der Waals surface area contributed by atoms with Gasteiger partial charge in [-0.1, -0.05) is 13.8 Å². The highest BCUT2D eigenvalue weighted by Gasteiger charge is 2.31. The predicted molar refractivity (Wildman–Crippen MR) is 69.1 cm³/mol. The molecule has 106 valence electrons. The van der Waals surface area contributed by atoms with Crippen molar-refractivity contribution in [3.8, 4) is 0 Å². The van der Waals surface area contributed by atoms with Gasteiger partial charge < -0.3 is 15.5 Å². The van der Waals surface area contributed by atoms with Gasteiger partial charge in [0, 0.05) is 18.4 Å². The Morgan fingerprint density at radius 1 is 1.17 bits per heavy atom. The number of carbonyl (C=O) groups is 2. The van der Waals surface area contributed by atoms with Crippen LogP contribution in [0.3, 0.4) is 0 Å². The molecule has 5 heteroatoms. The number of carbonyl (C=O) groups excluding carboxylic acids is 1. The predicted octanol–water partition coefficient (Wildman–Crippen LogP) is 1.40. The first-order valence-corrected chi connectivity index (χ1v) is 6.34. The van der Waals surface area contributed by atoms with E-state index in [9.17, 15) is 14.7 Å². The number of carboxylic acids is 1. The van der Waals surface area contributed by atoms with E-state index in [-0.39, 0.29) is 24.3 Å². The number of aliphatic carboxylic acids is 1. The highest BCUT2D eigenvalue weighted by atomic mass is 16.4. The summed E-state index contributed by atoms with van der Waals surface area (Å²) in [5.74, 6) is -1.28. The molecule has 0 bridgehead atoms. The molecule has 0 unspecified atom stereocenters. The monoisotopic (exact) mass is 259 g/mol. The molecule has 0 atom stereocenters. The largest absolute Gasteiger partial charge is 0.481 e. The van der Waals surface area contributed by atoms with Gasteiger partial charge in [0.15, 0.2) is 0 Å². The second-order valence-electron chi connectivity index (χ2n) is 5.51. The Balaban J connectivity index is 4.39. The third-order valence-corrected chi connectivity index (χ3v) is 3.68. The Bertz CT molecular complexity index is 287. The summed E-state index contributed by atoms with van der Waals surface area (Å²) in [6.45, 7) is 7.37. The minimum absolute atomic E-state index is 0.0165. The molecule has 0 aromatic carbocycles. The molecule has 0 aromatic heterocycles. The van der Waals surface area contributed by atoms with Gasteiger partial charge in [0.05, 0.1) is 12.0 Å². The Labute approximate surface area is 109 Å². The summed E-state index contributed by atoms with van der Waals surface area (Å²) < 4.78 is 0. The minimum atomic E-state index is -1.07. The first-order chi connectivity index (χ1) is 8.23. The summed E-state index contributed by atoms with van der Waals surface area (Å²) in [6, 6.07) is 0. The highest BCUT2D eigenvalue weighted by molar-refractivity contribution is 5.84. The molecular formula is C13H25NO4. The molecule has 0 saturated heterocycles. The van der Waals surface area contributed by atoms with Gasteiger partial charge in [-0.25, -0.2) is 0 Å². The van der Waals surface area contributed by atoms with Gasteiger partial charge in [-0.05, 0) is 26.7 Å². The van der Waals surface area contributed by atoms with Crippen molar-refractivity contribution in [2.75, 3.05) is 13.2 Å². The first-order valence-electron chi connectivity index (χ1n) is 6.34. The smallest absolute Gasteiger partial charge is 0.309 e. The third kappa shape index (κ3) is 4.64. The fourth-order valence-electron chi connectivity index (χ4n) is 1.61. The second-order valence-corrected chi connectivity index (χ2v) is 5.51. The number of carboxylic acid groups (broad SMARTS) is 1. The molecule has 5 nitrogen and oxygen atoms in total. The summed E-state index contributed by atoms with van der Waals surface area (Å²) >= 11 is 0. The maximum atomic E-state index is 11.7. The van der Waals surface area contributed by atoms with Crippen molar-refractivity contribution in [3.05, 3.63) is 0 Å². The molecule has 18 heavy (non-hydrogen) atoms. The van der Waals surface area contributed by atoms with Crippen LogP contribution < -0.4 is 5.32 Å². The van der Waals surface area contributed by atoms with E-state index in [1.54, 1.807) is 0 Å². The molecule has 0 spiro atoms. The van der Waals surface area contributed by atoms with Gasteiger partial charge in [0.25, 0.3) is 0 Å². The zero-order valence-electron chi connectivity index (χ0n) is 11.7. The highest BCUT2D eigenvalue weighted by Crippen LogP contribution is 2.25. The second kappa shape index (κ2) is 6.73. The van der Waals surface area contributed by atoms with Crippen LogP contribution in [-0.2, 0) is 9.59 Å². The van der Waals surface area contributed by atoms with Gasteiger partial charge in [-0.3, -0.25) is 9.59 Å². The average molecular weight is 259 g/mol. The number of hydrogen-bond acceptors (Lipinski definition) is 3. The van der Waals surface area contributed by atoms with Crippen LogP contribution in [0.1, 0.15) is 47.0 Å². The third-order valence-electron chi connectivity index (χ3n) is 3.68. The van der Waals surface area contributed by atoms with Crippen LogP contribution in [0, 0.1) is 10.8 Å². The van der Waals surface area contributed by atoms with Crippen LogP contribution >= 0.6 is 0 Å². The van der Waals surface area contributed by atoms with E-state index in [0.717, 1.165) is 12.8 Å². The van der Waals surface area contributed by atoms with E-state index in [0.29, 0.717) is 6.54 Å². The van der Waals surface area contributed by atoms with E-state index in [1.807, 2.05) is 13.8 Å². The van der Waals surface area contributed by atoms with E-state index in [2.05, 4.69) is 5.32 Å². The Hall–Kier alpha value is -1.10. The zero-order valence-corrected chi connectivity index (χ0v) is 11.7. The Kier molecular flexibility index (Phi) is 6.32.